The lowest BCUT2D eigenvalue weighted by atomic mass is 10.0. The molecule has 0 aliphatic carbocycles. The van der Waals surface area contributed by atoms with E-state index in [-0.39, 0.29) is 23.3 Å². The van der Waals surface area contributed by atoms with E-state index in [1.807, 2.05) is 13.8 Å². The monoisotopic (exact) mass is 292 g/mol. The first kappa shape index (κ1) is 16.7. The molecule has 0 spiro atoms. The number of hydrogen-bond acceptors (Lipinski definition) is 3. The van der Waals surface area contributed by atoms with Crippen molar-refractivity contribution >= 4 is 23.5 Å². The fourth-order valence-electron chi connectivity index (χ4n) is 1.90. The normalized spacial score (nSPS) is 11.9. The summed E-state index contributed by atoms with van der Waals surface area (Å²) in [5.41, 5.74) is 1.34. The van der Waals surface area contributed by atoms with Gasteiger partial charge in [-0.3, -0.25) is 9.59 Å². The van der Waals surface area contributed by atoms with Crippen molar-refractivity contribution in [2.45, 2.75) is 33.7 Å². The molecule has 0 radical (unpaired) electrons. The summed E-state index contributed by atoms with van der Waals surface area (Å²) in [7, 11) is 0. The second-order valence-electron chi connectivity index (χ2n) is 5.25. The SMILES string of the molecule is CC(=O)NC(C(=O)Nc1ccc(C(=O)O)cc1C)C(C)C. The Hall–Kier alpha value is -2.37. The van der Waals surface area contributed by atoms with E-state index in [9.17, 15) is 14.4 Å². The highest BCUT2D eigenvalue weighted by molar-refractivity contribution is 5.98. The maximum atomic E-state index is 12.2. The Kier molecular flexibility index (Phi) is 5.46. The molecule has 0 saturated heterocycles. The standard InChI is InChI=1S/C15H20N2O4/c1-8(2)13(16-10(4)18)14(19)17-12-6-5-11(15(20)21)7-9(12)3/h5-8,13H,1-4H3,(H,16,18)(H,17,19)(H,20,21). The highest BCUT2D eigenvalue weighted by Gasteiger charge is 2.23. The van der Waals surface area contributed by atoms with Gasteiger partial charge in [0.1, 0.15) is 6.04 Å². The van der Waals surface area contributed by atoms with Crippen LogP contribution in [0.4, 0.5) is 5.69 Å². The van der Waals surface area contributed by atoms with Crippen molar-refractivity contribution in [3.8, 4) is 0 Å². The van der Waals surface area contributed by atoms with Crippen LogP contribution in [0.1, 0.15) is 36.7 Å². The van der Waals surface area contributed by atoms with Gasteiger partial charge in [0.05, 0.1) is 5.56 Å². The molecule has 1 aromatic carbocycles. The van der Waals surface area contributed by atoms with E-state index in [4.69, 9.17) is 5.11 Å². The average Bonchev–Trinajstić information content (AvgIpc) is 2.37. The van der Waals surface area contributed by atoms with Crippen LogP contribution in [0.25, 0.3) is 0 Å². The molecule has 21 heavy (non-hydrogen) atoms. The molecule has 6 nitrogen and oxygen atoms in total. The maximum Gasteiger partial charge on any atom is 0.335 e. The molecule has 0 fully saturated rings. The fraction of sp³-hybridized carbons (Fsp3) is 0.400. The van der Waals surface area contributed by atoms with Gasteiger partial charge in [-0.2, -0.15) is 0 Å². The number of carbonyl (C=O) groups excluding carboxylic acids is 2. The molecule has 0 aliphatic rings. The van der Waals surface area contributed by atoms with Gasteiger partial charge in [0.15, 0.2) is 0 Å². The second kappa shape index (κ2) is 6.88. The summed E-state index contributed by atoms with van der Waals surface area (Å²) in [6, 6.07) is 3.82. The summed E-state index contributed by atoms with van der Waals surface area (Å²) < 4.78 is 0. The van der Waals surface area contributed by atoms with Crippen LogP contribution < -0.4 is 10.6 Å². The molecule has 1 aromatic rings. The number of aryl methyl sites for hydroxylation is 1. The van der Waals surface area contributed by atoms with E-state index >= 15 is 0 Å². The largest absolute Gasteiger partial charge is 0.478 e. The van der Waals surface area contributed by atoms with E-state index < -0.39 is 12.0 Å². The highest BCUT2D eigenvalue weighted by atomic mass is 16.4. The van der Waals surface area contributed by atoms with Gasteiger partial charge in [-0.15, -0.1) is 0 Å². The Morgan fingerprint density at radius 2 is 1.81 bits per heavy atom. The quantitative estimate of drug-likeness (QED) is 0.771. The first-order chi connectivity index (χ1) is 9.72. The van der Waals surface area contributed by atoms with Crippen LogP contribution in [0, 0.1) is 12.8 Å². The lowest BCUT2D eigenvalue weighted by Crippen LogP contribution is -2.46. The smallest absolute Gasteiger partial charge is 0.335 e. The molecule has 1 atom stereocenters. The number of amides is 2. The van der Waals surface area contributed by atoms with E-state index in [0.717, 1.165) is 0 Å². The van der Waals surface area contributed by atoms with Crippen molar-refractivity contribution < 1.29 is 19.5 Å². The van der Waals surface area contributed by atoms with Crippen LogP contribution in [0.5, 0.6) is 0 Å². The molecule has 114 valence electrons. The third-order valence-electron chi connectivity index (χ3n) is 3.04. The number of aromatic carboxylic acids is 1. The molecule has 0 bridgehead atoms. The van der Waals surface area contributed by atoms with E-state index in [1.54, 1.807) is 13.0 Å². The van der Waals surface area contributed by atoms with Crippen molar-refractivity contribution in [2.24, 2.45) is 5.92 Å². The number of rotatable bonds is 5. The number of carboxylic acids is 1. The third-order valence-corrected chi connectivity index (χ3v) is 3.04. The molecule has 1 rings (SSSR count). The minimum absolute atomic E-state index is 0.0625. The summed E-state index contributed by atoms with van der Waals surface area (Å²) in [5.74, 6) is -1.69. The Balaban J connectivity index is 2.91. The molecule has 3 N–H and O–H groups in total. The van der Waals surface area contributed by atoms with Crippen molar-refractivity contribution in [1.29, 1.82) is 0 Å². The predicted octanol–water partition coefficient (Wildman–Crippen LogP) is 1.79. The summed E-state index contributed by atoms with van der Waals surface area (Å²) >= 11 is 0. The topological polar surface area (TPSA) is 95.5 Å². The van der Waals surface area contributed by atoms with Gasteiger partial charge in [-0.05, 0) is 36.6 Å². The summed E-state index contributed by atoms with van der Waals surface area (Å²) in [4.78, 5) is 34.2. The third kappa shape index (κ3) is 4.59. The number of anilines is 1. The Morgan fingerprint density at radius 1 is 1.19 bits per heavy atom. The van der Waals surface area contributed by atoms with Gasteiger partial charge in [0.2, 0.25) is 11.8 Å². The zero-order valence-corrected chi connectivity index (χ0v) is 12.6. The van der Waals surface area contributed by atoms with Crippen LogP contribution in [-0.2, 0) is 9.59 Å². The van der Waals surface area contributed by atoms with Gasteiger partial charge in [-0.1, -0.05) is 13.8 Å². The van der Waals surface area contributed by atoms with Gasteiger partial charge in [-0.25, -0.2) is 4.79 Å². The molecular weight excluding hydrogens is 272 g/mol. The number of carbonyl (C=O) groups is 3. The molecule has 0 aromatic heterocycles. The van der Waals surface area contributed by atoms with E-state index in [0.29, 0.717) is 11.3 Å². The average molecular weight is 292 g/mol. The van der Waals surface area contributed by atoms with Gasteiger partial charge >= 0.3 is 5.97 Å². The van der Waals surface area contributed by atoms with Crippen molar-refractivity contribution in [3.63, 3.8) is 0 Å². The number of hydrogen-bond donors (Lipinski definition) is 3. The minimum atomic E-state index is -1.02. The fourth-order valence-corrected chi connectivity index (χ4v) is 1.90. The van der Waals surface area contributed by atoms with Crippen LogP contribution >= 0.6 is 0 Å². The van der Waals surface area contributed by atoms with Crippen LogP contribution in [0.2, 0.25) is 0 Å². The summed E-state index contributed by atoms with van der Waals surface area (Å²) in [6.45, 7) is 6.74. The predicted molar refractivity (Wildman–Crippen MR) is 79.2 cm³/mol. The maximum absolute atomic E-state index is 12.2. The zero-order valence-electron chi connectivity index (χ0n) is 12.6. The first-order valence-corrected chi connectivity index (χ1v) is 6.64. The lowest BCUT2D eigenvalue weighted by molar-refractivity contribution is -0.126. The molecular formula is C15H20N2O4. The number of carboxylic acid groups (broad SMARTS) is 1. The minimum Gasteiger partial charge on any atom is -0.478 e. The van der Waals surface area contributed by atoms with E-state index in [1.165, 1.54) is 19.1 Å². The summed E-state index contributed by atoms with van der Waals surface area (Å²) in [5, 5.41) is 14.2. The molecule has 0 aliphatic heterocycles. The number of nitrogens with one attached hydrogen (secondary N) is 2. The van der Waals surface area contributed by atoms with Crippen LogP contribution in [-0.4, -0.2) is 28.9 Å². The lowest BCUT2D eigenvalue weighted by Gasteiger charge is -2.21. The highest BCUT2D eigenvalue weighted by Crippen LogP contribution is 2.17. The molecule has 6 heteroatoms. The second-order valence-corrected chi connectivity index (χ2v) is 5.25. The molecule has 1 unspecified atom stereocenters. The zero-order chi connectivity index (χ0) is 16.2. The number of benzene rings is 1. The van der Waals surface area contributed by atoms with Crippen LogP contribution in [0.15, 0.2) is 18.2 Å². The van der Waals surface area contributed by atoms with Gasteiger partial charge in [0, 0.05) is 12.6 Å². The van der Waals surface area contributed by atoms with Crippen LogP contribution in [0.3, 0.4) is 0 Å². The van der Waals surface area contributed by atoms with Gasteiger partial charge in [0.25, 0.3) is 0 Å². The van der Waals surface area contributed by atoms with Crippen molar-refractivity contribution in [1.82, 2.24) is 5.32 Å². The Labute approximate surface area is 123 Å². The molecule has 0 saturated carbocycles. The Morgan fingerprint density at radius 3 is 2.24 bits per heavy atom. The Bertz CT molecular complexity index is 567. The van der Waals surface area contributed by atoms with E-state index in [2.05, 4.69) is 10.6 Å². The van der Waals surface area contributed by atoms with Crippen molar-refractivity contribution in [2.75, 3.05) is 5.32 Å². The van der Waals surface area contributed by atoms with Gasteiger partial charge < -0.3 is 15.7 Å². The summed E-state index contributed by atoms with van der Waals surface area (Å²) in [6.07, 6.45) is 0. The van der Waals surface area contributed by atoms with Crippen molar-refractivity contribution in [3.05, 3.63) is 29.3 Å². The molecule has 0 heterocycles. The first-order valence-electron chi connectivity index (χ1n) is 6.64. The molecule has 2 amide bonds.